The van der Waals surface area contributed by atoms with E-state index in [9.17, 15) is 0 Å². The molecule has 0 N–H and O–H groups in total. The minimum Gasteiger partial charge on any atom is -0.378 e. The van der Waals surface area contributed by atoms with Gasteiger partial charge in [0.2, 0.25) is 0 Å². The lowest BCUT2D eigenvalue weighted by Crippen LogP contribution is -2.41. The van der Waals surface area contributed by atoms with E-state index >= 15 is 0 Å². The lowest BCUT2D eigenvalue weighted by atomic mass is 10.3. The van der Waals surface area contributed by atoms with Crippen LogP contribution in [0.2, 0.25) is 0 Å². The molecule has 0 aromatic heterocycles. The maximum atomic E-state index is 8.94. The van der Waals surface area contributed by atoms with Crippen molar-refractivity contribution in [2.45, 2.75) is 19.3 Å². The third-order valence-electron chi connectivity index (χ3n) is 4.56. The summed E-state index contributed by atoms with van der Waals surface area (Å²) < 4.78 is 11.3. The summed E-state index contributed by atoms with van der Waals surface area (Å²) in [4.78, 5) is 6.79. The van der Waals surface area contributed by atoms with E-state index in [1.807, 2.05) is 0 Å². The van der Waals surface area contributed by atoms with Crippen LogP contribution in [0, 0.1) is 34.0 Å². The first kappa shape index (κ1) is 23.3. The second-order valence-electron chi connectivity index (χ2n) is 6.47. The van der Waals surface area contributed by atoms with Gasteiger partial charge in [-0.3, -0.25) is 14.7 Å². The smallest absolute Gasteiger partial charge is 0.0701 e. The molecule has 0 radical (unpaired) electrons. The molecule has 0 aliphatic carbocycles. The Bertz CT molecular complexity index is 460. The minimum atomic E-state index is 0.503. The van der Waals surface area contributed by atoms with Crippen molar-refractivity contribution in [2.75, 3.05) is 85.3 Å². The molecule has 0 amide bonds. The first-order valence-electron chi connectivity index (χ1n) is 9.73. The van der Waals surface area contributed by atoms with Gasteiger partial charge in [-0.15, -0.1) is 0 Å². The largest absolute Gasteiger partial charge is 0.378 e. The van der Waals surface area contributed by atoms with Crippen LogP contribution in [0.1, 0.15) is 19.3 Å². The summed E-state index contributed by atoms with van der Waals surface area (Å²) in [6, 6.07) is 6.64. The van der Waals surface area contributed by atoms with Gasteiger partial charge < -0.3 is 9.47 Å². The van der Waals surface area contributed by atoms with E-state index in [2.05, 4.69) is 32.9 Å². The SMILES string of the molecule is N#CCCN1CCOCCOCCN(CCC#N)CCN(CCC#N)CC1. The zero-order valence-electron chi connectivity index (χ0n) is 16.3. The molecule has 1 rings (SSSR count). The fourth-order valence-electron chi connectivity index (χ4n) is 2.91. The van der Waals surface area contributed by atoms with Crippen molar-refractivity contribution in [2.24, 2.45) is 0 Å². The Kier molecular flexibility index (Phi) is 14.2. The van der Waals surface area contributed by atoms with Gasteiger partial charge in [-0.1, -0.05) is 0 Å². The third kappa shape index (κ3) is 12.3. The van der Waals surface area contributed by atoms with Gasteiger partial charge in [0.15, 0.2) is 0 Å². The van der Waals surface area contributed by atoms with Gasteiger partial charge in [0.25, 0.3) is 0 Å². The summed E-state index contributed by atoms with van der Waals surface area (Å²) in [5.41, 5.74) is 0. The second-order valence-corrected chi connectivity index (χ2v) is 6.47. The monoisotopic (exact) mass is 376 g/mol. The molecule has 0 aromatic rings. The minimum absolute atomic E-state index is 0.503. The second kappa shape index (κ2) is 16.4. The number of hydrogen-bond acceptors (Lipinski definition) is 8. The Morgan fingerprint density at radius 2 is 0.852 bits per heavy atom. The zero-order chi connectivity index (χ0) is 19.6. The van der Waals surface area contributed by atoms with Crippen LogP contribution in [0.15, 0.2) is 0 Å². The van der Waals surface area contributed by atoms with Crippen LogP contribution < -0.4 is 0 Å². The summed E-state index contributed by atoms with van der Waals surface area (Å²) >= 11 is 0. The highest BCUT2D eigenvalue weighted by Gasteiger charge is 2.12. The summed E-state index contributed by atoms with van der Waals surface area (Å²) in [5.74, 6) is 0. The van der Waals surface area contributed by atoms with Crippen molar-refractivity contribution in [3.63, 3.8) is 0 Å². The van der Waals surface area contributed by atoms with Crippen LogP contribution in [0.3, 0.4) is 0 Å². The maximum Gasteiger partial charge on any atom is 0.0701 e. The first-order valence-corrected chi connectivity index (χ1v) is 9.73. The van der Waals surface area contributed by atoms with E-state index in [0.29, 0.717) is 45.7 Å². The molecule has 27 heavy (non-hydrogen) atoms. The Balaban J connectivity index is 2.66. The summed E-state index contributed by atoms with van der Waals surface area (Å²) in [6.45, 7) is 9.60. The van der Waals surface area contributed by atoms with E-state index in [-0.39, 0.29) is 0 Å². The van der Waals surface area contributed by atoms with Crippen molar-refractivity contribution in [3.8, 4) is 18.2 Å². The molecule has 0 saturated carbocycles. The molecule has 0 bridgehead atoms. The highest BCUT2D eigenvalue weighted by Crippen LogP contribution is 2.00. The number of hydrogen-bond donors (Lipinski definition) is 0. The van der Waals surface area contributed by atoms with E-state index in [1.54, 1.807) is 0 Å². The first-order chi connectivity index (χ1) is 13.3. The average Bonchev–Trinajstić information content (AvgIpc) is 2.69. The number of nitrogens with zero attached hydrogens (tertiary/aromatic N) is 6. The van der Waals surface area contributed by atoms with Crippen LogP contribution in [0.4, 0.5) is 0 Å². The van der Waals surface area contributed by atoms with Gasteiger partial charge in [0, 0.05) is 78.2 Å². The van der Waals surface area contributed by atoms with Gasteiger partial charge >= 0.3 is 0 Å². The quantitative estimate of drug-likeness (QED) is 0.667. The lowest BCUT2D eigenvalue weighted by molar-refractivity contribution is 0.0326. The van der Waals surface area contributed by atoms with Gasteiger partial charge in [-0.05, 0) is 0 Å². The van der Waals surface area contributed by atoms with Crippen molar-refractivity contribution in [3.05, 3.63) is 0 Å². The third-order valence-corrected chi connectivity index (χ3v) is 4.56. The number of nitriles is 3. The molecule has 8 nitrogen and oxygen atoms in total. The summed E-state index contributed by atoms with van der Waals surface area (Å²) in [6.07, 6.45) is 1.51. The summed E-state index contributed by atoms with van der Waals surface area (Å²) in [5, 5.41) is 26.7. The van der Waals surface area contributed by atoms with Gasteiger partial charge in [0.05, 0.1) is 44.6 Å². The molecule has 0 unspecified atom stereocenters. The highest BCUT2D eigenvalue weighted by atomic mass is 16.5. The van der Waals surface area contributed by atoms with Crippen molar-refractivity contribution < 1.29 is 9.47 Å². The summed E-state index contributed by atoms with van der Waals surface area (Å²) in [7, 11) is 0. The molecule has 8 heteroatoms. The normalized spacial score (nSPS) is 19.9. The zero-order valence-corrected chi connectivity index (χ0v) is 16.3. The Hall–Kier alpha value is -1.73. The molecule has 0 aromatic carbocycles. The molecular formula is C19H32N6O2. The van der Waals surface area contributed by atoms with Crippen molar-refractivity contribution in [1.82, 2.24) is 14.7 Å². The predicted octanol–water partition coefficient (Wildman–Crippen LogP) is 0.680. The Morgan fingerprint density at radius 1 is 0.519 bits per heavy atom. The van der Waals surface area contributed by atoms with E-state index in [0.717, 1.165) is 58.9 Å². The maximum absolute atomic E-state index is 8.94. The van der Waals surface area contributed by atoms with Gasteiger partial charge in [-0.25, -0.2) is 0 Å². The Labute approximate surface area is 163 Å². The fourth-order valence-corrected chi connectivity index (χ4v) is 2.91. The van der Waals surface area contributed by atoms with Crippen LogP contribution in [0.5, 0.6) is 0 Å². The van der Waals surface area contributed by atoms with Gasteiger partial charge in [-0.2, -0.15) is 15.8 Å². The van der Waals surface area contributed by atoms with E-state index in [4.69, 9.17) is 25.3 Å². The fraction of sp³-hybridized carbons (Fsp3) is 0.842. The van der Waals surface area contributed by atoms with E-state index in [1.165, 1.54) is 0 Å². The molecule has 1 fully saturated rings. The van der Waals surface area contributed by atoms with Crippen LogP contribution in [0.25, 0.3) is 0 Å². The molecule has 1 saturated heterocycles. The predicted molar refractivity (Wildman–Crippen MR) is 102 cm³/mol. The molecule has 150 valence electrons. The molecule has 1 aliphatic heterocycles. The van der Waals surface area contributed by atoms with Crippen LogP contribution in [-0.4, -0.2) is 100 Å². The highest BCUT2D eigenvalue weighted by molar-refractivity contribution is 4.77. The van der Waals surface area contributed by atoms with Crippen molar-refractivity contribution >= 4 is 0 Å². The molecule has 1 aliphatic rings. The Morgan fingerprint density at radius 3 is 1.19 bits per heavy atom. The topological polar surface area (TPSA) is 99.6 Å². The molecule has 0 spiro atoms. The molecular weight excluding hydrogens is 344 g/mol. The average molecular weight is 377 g/mol. The molecule has 0 atom stereocenters. The number of rotatable bonds is 6. The number of ether oxygens (including phenoxy) is 2. The van der Waals surface area contributed by atoms with Crippen LogP contribution >= 0.6 is 0 Å². The van der Waals surface area contributed by atoms with Crippen molar-refractivity contribution in [1.29, 1.82) is 15.8 Å². The molecule has 1 heterocycles. The van der Waals surface area contributed by atoms with Gasteiger partial charge in [0.1, 0.15) is 0 Å². The van der Waals surface area contributed by atoms with Crippen LogP contribution in [-0.2, 0) is 9.47 Å². The lowest BCUT2D eigenvalue weighted by Gasteiger charge is -2.29. The standard InChI is InChI=1S/C19H32N6O2/c20-4-1-7-23-10-12-24(8-2-5-21)14-16-26-18-19-27-17-15-25(13-11-23)9-3-6-22/h1-3,7-19H2. The van der Waals surface area contributed by atoms with E-state index < -0.39 is 0 Å².